The molecule has 0 fully saturated rings. The van der Waals surface area contributed by atoms with Crippen LogP contribution in [0.15, 0.2) is 64.5 Å². The first-order chi connectivity index (χ1) is 14.0. The highest BCUT2D eigenvalue weighted by Crippen LogP contribution is 2.18. The van der Waals surface area contributed by atoms with Crippen molar-refractivity contribution in [3.63, 3.8) is 0 Å². The maximum Gasteiger partial charge on any atom is 0.291 e. The molecule has 6 nitrogen and oxygen atoms in total. The van der Waals surface area contributed by atoms with Crippen LogP contribution in [0.2, 0.25) is 0 Å². The Morgan fingerprint density at radius 2 is 1.93 bits per heavy atom. The number of thioether (sulfide) groups is 1. The smallest absolute Gasteiger partial charge is 0.291 e. The minimum absolute atomic E-state index is 0.170. The Morgan fingerprint density at radius 3 is 2.69 bits per heavy atom. The van der Waals surface area contributed by atoms with Gasteiger partial charge in [-0.3, -0.25) is 14.0 Å². The summed E-state index contributed by atoms with van der Waals surface area (Å²) in [5.41, 5.74) is 1.77. The van der Waals surface area contributed by atoms with E-state index < -0.39 is 5.56 Å². The van der Waals surface area contributed by atoms with Gasteiger partial charge >= 0.3 is 0 Å². The van der Waals surface area contributed by atoms with Gasteiger partial charge in [-0.15, -0.1) is 11.8 Å². The van der Waals surface area contributed by atoms with Gasteiger partial charge in [0, 0.05) is 16.8 Å². The number of rotatable bonds is 6. The molecule has 148 valence electrons. The number of hydrogen-bond donors (Lipinski definition) is 1. The van der Waals surface area contributed by atoms with Crippen LogP contribution in [0, 0.1) is 5.82 Å². The molecule has 0 aliphatic rings. The van der Waals surface area contributed by atoms with Crippen molar-refractivity contribution in [1.82, 2.24) is 19.5 Å². The lowest BCUT2D eigenvalue weighted by atomic mass is 10.1. The van der Waals surface area contributed by atoms with E-state index in [1.807, 2.05) is 30.5 Å². The molecular formula is C21H19FN4O2S. The van der Waals surface area contributed by atoms with Gasteiger partial charge in [0.2, 0.25) is 5.91 Å². The van der Waals surface area contributed by atoms with Crippen LogP contribution in [-0.2, 0) is 17.8 Å². The van der Waals surface area contributed by atoms with Gasteiger partial charge in [0.1, 0.15) is 24.2 Å². The second-order valence-electron chi connectivity index (χ2n) is 6.64. The van der Waals surface area contributed by atoms with Gasteiger partial charge in [-0.2, -0.15) is 5.10 Å². The van der Waals surface area contributed by atoms with Crippen molar-refractivity contribution in [2.75, 3.05) is 12.8 Å². The minimum atomic E-state index is -0.396. The molecule has 0 unspecified atom stereocenters. The molecular weight excluding hydrogens is 391 g/mol. The van der Waals surface area contributed by atoms with Crippen molar-refractivity contribution in [2.24, 2.45) is 0 Å². The molecule has 1 amide bonds. The van der Waals surface area contributed by atoms with Crippen LogP contribution in [-0.4, -0.2) is 32.9 Å². The molecule has 2 aromatic carbocycles. The number of carbonyl (C=O) groups is 1. The number of nitrogens with one attached hydrogen (secondary N) is 1. The van der Waals surface area contributed by atoms with Gasteiger partial charge < -0.3 is 5.32 Å². The number of halogens is 1. The third-order valence-corrected chi connectivity index (χ3v) is 5.49. The molecule has 0 radical (unpaired) electrons. The Hall–Kier alpha value is -3.13. The molecule has 2 heterocycles. The summed E-state index contributed by atoms with van der Waals surface area (Å²) in [5.74, 6) is -0.656. The fraction of sp³-hybridized carbons (Fsp3) is 0.190. The standard InChI is InChI=1S/C21H19FN4O2S/c1-29-17-5-2-14(3-6-17)8-9-23-20(27)12-26-21(28)19-11-15-10-16(22)4-7-18(15)25(19)13-24-26/h2-7,10-11,13H,8-9,12H2,1H3,(H,23,27). The number of benzene rings is 2. The van der Waals surface area contributed by atoms with E-state index in [0.717, 1.165) is 10.2 Å². The Balaban J connectivity index is 1.44. The second kappa shape index (κ2) is 8.08. The molecule has 0 spiro atoms. The van der Waals surface area contributed by atoms with Gasteiger partial charge in [0.05, 0.1) is 5.52 Å². The highest BCUT2D eigenvalue weighted by atomic mass is 32.2. The summed E-state index contributed by atoms with van der Waals surface area (Å²) in [4.78, 5) is 26.1. The van der Waals surface area contributed by atoms with Crippen LogP contribution >= 0.6 is 11.8 Å². The van der Waals surface area contributed by atoms with Crippen LogP contribution in [0.1, 0.15) is 5.56 Å². The number of hydrogen-bond acceptors (Lipinski definition) is 4. The van der Waals surface area contributed by atoms with E-state index in [1.165, 1.54) is 23.4 Å². The zero-order chi connectivity index (χ0) is 20.4. The predicted molar refractivity (Wildman–Crippen MR) is 112 cm³/mol. The van der Waals surface area contributed by atoms with E-state index in [2.05, 4.69) is 10.4 Å². The quantitative estimate of drug-likeness (QED) is 0.497. The topological polar surface area (TPSA) is 68.4 Å². The van der Waals surface area contributed by atoms with E-state index >= 15 is 0 Å². The minimum Gasteiger partial charge on any atom is -0.354 e. The molecule has 0 saturated carbocycles. The number of amides is 1. The van der Waals surface area contributed by atoms with Crippen molar-refractivity contribution in [2.45, 2.75) is 17.9 Å². The lowest BCUT2D eigenvalue weighted by Gasteiger charge is -2.08. The van der Waals surface area contributed by atoms with Gasteiger partial charge in [0.15, 0.2) is 0 Å². The van der Waals surface area contributed by atoms with Crippen molar-refractivity contribution >= 4 is 34.1 Å². The third kappa shape index (κ3) is 4.02. The summed E-state index contributed by atoms with van der Waals surface area (Å²) in [6.07, 6.45) is 4.20. The number of carbonyl (C=O) groups excluding carboxylic acids is 1. The fourth-order valence-electron chi connectivity index (χ4n) is 3.24. The number of aromatic nitrogens is 3. The van der Waals surface area contributed by atoms with Crippen molar-refractivity contribution in [1.29, 1.82) is 0 Å². The highest BCUT2D eigenvalue weighted by Gasteiger charge is 2.12. The maximum absolute atomic E-state index is 13.4. The Kier molecular flexibility index (Phi) is 5.35. The second-order valence-corrected chi connectivity index (χ2v) is 7.52. The number of nitrogens with zero attached hydrogens (tertiary/aromatic N) is 3. The van der Waals surface area contributed by atoms with E-state index in [0.29, 0.717) is 29.4 Å². The van der Waals surface area contributed by atoms with Gasteiger partial charge in [0.25, 0.3) is 5.56 Å². The molecule has 0 aliphatic heterocycles. The summed E-state index contributed by atoms with van der Waals surface area (Å²) in [5, 5.41) is 7.51. The van der Waals surface area contributed by atoms with Crippen molar-refractivity contribution < 1.29 is 9.18 Å². The molecule has 8 heteroatoms. The lowest BCUT2D eigenvalue weighted by molar-refractivity contribution is -0.121. The van der Waals surface area contributed by atoms with Gasteiger partial charge in [-0.25, -0.2) is 9.07 Å². The average Bonchev–Trinajstić information content (AvgIpc) is 3.09. The summed E-state index contributed by atoms with van der Waals surface area (Å²) < 4.78 is 16.2. The fourth-order valence-corrected chi connectivity index (χ4v) is 3.65. The molecule has 2 aromatic heterocycles. The molecule has 0 bridgehead atoms. The molecule has 4 rings (SSSR count). The molecule has 0 aliphatic carbocycles. The summed E-state index contributed by atoms with van der Waals surface area (Å²) in [6.45, 7) is 0.305. The Labute approximate surface area is 170 Å². The summed E-state index contributed by atoms with van der Waals surface area (Å²) in [7, 11) is 0. The van der Waals surface area contributed by atoms with Crippen LogP contribution < -0.4 is 10.9 Å². The zero-order valence-electron chi connectivity index (χ0n) is 15.8. The molecule has 1 N–H and O–H groups in total. The van der Waals surface area contributed by atoms with Gasteiger partial charge in [-0.05, 0) is 54.6 Å². The Bertz CT molecular complexity index is 1250. The van der Waals surface area contributed by atoms with Crippen LogP contribution in [0.5, 0.6) is 0 Å². The Morgan fingerprint density at radius 1 is 1.14 bits per heavy atom. The average molecular weight is 410 g/mol. The van der Waals surface area contributed by atoms with Crippen LogP contribution in [0.25, 0.3) is 16.4 Å². The molecule has 0 saturated heterocycles. The maximum atomic E-state index is 13.4. The van der Waals surface area contributed by atoms with Crippen molar-refractivity contribution in [3.8, 4) is 0 Å². The molecule has 4 aromatic rings. The first-order valence-electron chi connectivity index (χ1n) is 9.11. The molecule has 0 atom stereocenters. The zero-order valence-corrected chi connectivity index (χ0v) is 16.6. The summed E-state index contributed by atoms with van der Waals surface area (Å²) in [6, 6.07) is 14.1. The SMILES string of the molecule is CSc1ccc(CCNC(=O)Cn2ncn3c(cc4cc(F)ccc43)c2=O)cc1. The highest BCUT2D eigenvalue weighted by molar-refractivity contribution is 7.98. The largest absolute Gasteiger partial charge is 0.354 e. The van der Waals surface area contributed by atoms with E-state index in [4.69, 9.17) is 0 Å². The monoisotopic (exact) mass is 410 g/mol. The normalized spacial score (nSPS) is 11.2. The first-order valence-corrected chi connectivity index (χ1v) is 10.3. The van der Waals surface area contributed by atoms with Gasteiger partial charge in [-0.1, -0.05) is 12.1 Å². The third-order valence-electron chi connectivity index (χ3n) is 4.75. The number of fused-ring (bicyclic) bond motifs is 3. The van der Waals surface area contributed by atoms with E-state index in [9.17, 15) is 14.0 Å². The first kappa shape index (κ1) is 19.2. The predicted octanol–water partition coefficient (Wildman–Crippen LogP) is 2.87. The summed E-state index contributed by atoms with van der Waals surface area (Å²) >= 11 is 1.68. The van der Waals surface area contributed by atoms with E-state index in [1.54, 1.807) is 28.3 Å². The van der Waals surface area contributed by atoms with E-state index in [-0.39, 0.29) is 18.3 Å². The van der Waals surface area contributed by atoms with Crippen LogP contribution in [0.3, 0.4) is 0 Å². The molecule has 29 heavy (non-hydrogen) atoms. The van der Waals surface area contributed by atoms with Crippen LogP contribution in [0.4, 0.5) is 4.39 Å². The van der Waals surface area contributed by atoms with Crippen molar-refractivity contribution in [3.05, 3.63) is 76.6 Å². The lowest BCUT2D eigenvalue weighted by Crippen LogP contribution is -2.35.